The lowest BCUT2D eigenvalue weighted by molar-refractivity contribution is -0.126. The first-order valence-electron chi connectivity index (χ1n) is 8.47. The van der Waals surface area contributed by atoms with Crippen LogP contribution in [0.5, 0.6) is 11.5 Å². The number of amides is 2. The molecule has 0 bridgehead atoms. The second-order valence-corrected chi connectivity index (χ2v) is 5.84. The molecule has 1 aliphatic heterocycles. The van der Waals surface area contributed by atoms with Gasteiger partial charge in [0.2, 0.25) is 11.8 Å². The lowest BCUT2D eigenvalue weighted by Crippen LogP contribution is -2.35. The second kappa shape index (κ2) is 9.98. The maximum Gasteiger partial charge on any atom is 0.227 e. The zero-order valence-corrected chi connectivity index (χ0v) is 15.4. The Morgan fingerprint density at radius 3 is 2.62 bits per heavy atom. The van der Waals surface area contributed by atoms with Crippen LogP contribution in [-0.2, 0) is 19.1 Å². The molecule has 1 unspecified atom stereocenters. The van der Waals surface area contributed by atoms with E-state index in [9.17, 15) is 9.59 Å². The summed E-state index contributed by atoms with van der Waals surface area (Å²) in [6.07, 6.45) is 0.185. The van der Waals surface area contributed by atoms with Crippen LogP contribution < -0.4 is 19.7 Å². The van der Waals surface area contributed by atoms with E-state index in [1.807, 2.05) is 0 Å². The van der Waals surface area contributed by atoms with Gasteiger partial charge in [0.15, 0.2) is 11.5 Å². The highest BCUT2D eigenvalue weighted by molar-refractivity contribution is 6.00. The van der Waals surface area contributed by atoms with E-state index in [1.54, 1.807) is 44.4 Å². The van der Waals surface area contributed by atoms with Crippen LogP contribution in [-0.4, -0.2) is 66.1 Å². The molecule has 0 spiro atoms. The maximum atomic E-state index is 12.3. The predicted molar refractivity (Wildman–Crippen MR) is 95.7 cm³/mol. The van der Waals surface area contributed by atoms with Gasteiger partial charge in [0.1, 0.15) is 0 Å². The molecule has 1 aliphatic rings. The number of nitrogens with zero attached hydrogens (tertiary/aromatic N) is 1. The van der Waals surface area contributed by atoms with Crippen molar-refractivity contribution in [2.45, 2.75) is 6.42 Å². The molecule has 0 radical (unpaired) electrons. The molecule has 1 aromatic carbocycles. The first kappa shape index (κ1) is 20.0. The minimum atomic E-state index is -0.380. The molecule has 8 heteroatoms. The Labute approximate surface area is 153 Å². The largest absolute Gasteiger partial charge is 0.493 e. The zero-order valence-electron chi connectivity index (χ0n) is 15.4. The average molecular weight is 366 g/mol. The standard InChI is InChI=1S/C18H26N2O6/c1-23-8-9-26-7-6-19-18(22)13-10-17(21)20(12-13)14-4-5-15(24-2)16(11-14)25-3/h4-5,11,13H,6-10,12H2,1-3H3,(H,19,22). The molecule has 26 heavy (non-hydrogen) atoms. The summed E-state index contributed by atoms with van der Waals surface area (Å²) in [6, 6.07) is 5.26. The van der Waals surface area contributed by atoms with E-state index in [4.69, 9.17) is 18.9 Å². The molecule has 1 heterocycles. The summed E-state index contributed by atoms with van der Waals surface area (Å²) >= 11 is 0. The van der Waals surface area contributed by atoms with Crippen LogP contribution >= 0.6 is 0 Å². The van der Waals surface area contributed by atoms with E-state index < -0.39 is 0 Å². The molecule has 0 saturated carbocycles. The van der Waals surface area contributed by atoms with Crippen LogP contribution in [0.4, 0.5) is 5.69 Å². The van der Waals surface area contributed by atoms with E-state index in [0.29, 0.717) is 50.1 Å². The van der Waals surface area contributed by atoms with Crippen molar-refractivity contribution < 1.29 is 28.5 Å². The summed E-state index contributed by atoms with van der Waals surface area (Å²) in [7, 11) is 4.70. The number of anilines is 1. The third kappa shape index (κ3) is 5.09. The summed E-state index contributed by atoms with van der Waals surface area (Å²) in [4.78, 5) is 26.2. The van der Waals surface area contributed by atoms with Gasteiger partial charge in [-0.2, -0.15) is 0 Å². The number of methoxy groups -OCH3 is 3. The molecule has 2 amide bonds. The van der Waals surface area contributed by atoms with Gasteiger partial charge >= 0.3 is 0 Å². The van der Waals surface area contributed by atoms with Gasteiger partial charge in [-0.05, 0) is 12.1 Å². The number of benzene rings is 1. The first-order valence-corrected chi connectivity index (χ1v) is 8.47. The van der Waals surface area contributed by atoms with Gasteiger partial charge in [-0.3, -0.25) is 9.59 Å². The summed E-state index contributed by atoms with van der Waals surface area (Å²) in [5.74, 6) is 0.518. The Morgan fingerprint density at radius 2 is 1.92 bits per heavy atom. The zero-order chi connectivity index (χ0) is 18.9. The lowest BCUT2D eigenvalue weighted by Gasteiger charge is -2.18. The number of hydrogen-bond donors (Lipinski definition) is 1. The van der Waals surface area contributed by atoms with Crippen molar-refractivity contribution in [3.63, 3.8) is 0 Å². The molecule has 2 rings (SSSR count). The molecule has 1 saturated heterocycles. The van der Waals surface area contributed by atoms with Gasteiger partial charge in [0.25, 0.3) is 0 Å². The van der Waals surface area contributed by atoms with Crippen molar-refractivity contribution in [1.29, 1.82) is 0 Å². The van der Waals surface area contributed by atoms with Crippen LogP contribution in [0.2, 0.25) is 0 Å². The number of nitrogens with one attached hydrogen (secondary N) is 1. The summed E-state index contributed by atoms with van der Waals surface area (Å²) in [5, 5.41) is 2.81. The molecule has 0 aromatic heterocycles. The van der Waals surface area contributed by atoms with Gasteiger partial charge in [-0.15, -0.1) is 0 Å². The Bertz CT molecular complexity index is 622. The number of hydrogen-bond acceptors (Lipinski definition) is 6. The normalized spacial score (nSPS) is 16.7. The van der Waals surface area contributed by atoms with Gasteiger partial charge < -0.3 is 29.2 Å². The van der Waals surface area contributed by atoms with Crippen LogP contribution in [0.25, 0.3) is 0 Å². The van der Waals surface area contributed by atoms with Crippen molar-refractivity contribution in [2.24, 2.45) is 5.92 Å². The van der Waals surface area contributed by atoms with Crippen LogP contribution in [0.3, 0.4) is 0 Å². The Hall–Kier alpha value is -2.32. The van der Waals surface area contributed by atoms with Crippen molar-refractivity contribution in [1.82, 2.24) is 5.32 Å². The second-order valence-electron chi connectivity index (χ2n) is 5.84. The third-order valence-electron chi connectivity index (χ3n) is 4.15. The van der Waals surface area contributed by atoms with Gasteiger partial charge in [0.05, 0.1) is 40.0 Å². The van der Waals surface area contributed by atoms with Crippen molar-refractivity contribution in [3.05, 3.63) is 18.2 Å². The van der Waals surface area contributed by atoms with Crippen molar-refractivity contribution in [3.8, 4) is 11.5 Å². The highest BCUT2D eigenvalue weighted by atomic mass is 16.5. The minimum Gasteiger partial charge on any atom is -0.493 e. The molecular formula is C18H26N2O6. The van der Waals surface area contributed by atoms with E-state index in [2.05, 4.69) is 5.32 Å². The maximum absolute atomic E-state index is 12.3. The minimum absolute atomic E-state index is 0.0892. The van der Waals surface area contributed by atoms with Crippen LogP contribution in [0.1, 0.15) is 6.42 Å². The predicted octanol–water partition coefficient (Wildman–Crippen LogP) is 0.836. The van der Waals surface area contributed by atoms with Gasteiger partial charge in [0, 0.05) is 38.4 Å². The fourth-order valence-electron chi connectivity index (χ4n) is 2.76. The van der Waals surface area contributed by atoms with Crippen LogP contribution in [0.15, 0.2) is 18.2 Å². The fraction of sp³-hybridized carbons (Fsp3) is 0.556. The van der Waals surface area contributed by atoms with Crippen molar-refractivity contribution in [2.75, 3.05) is 59.1 Å². The average Bonchev–Trinajstić information content (AvgIpc) is 3.05. The molecular weight excluding hydrogens is 340 g/mol. The number of carbonyl (C=O) groups is 2. The molecule has 1 fully saturated rings. The smallest absolute Gasteiger partial charge is 0.227 e. The molecule has 1 N–H and O–H groups in total. The van der Waals surface area contributed by atoms with Crippen molar-refractivity contribution >= 4 is 17.5 Å². The first-order chi connectivity index (χ1) is 12.6. The summed E-state index contributed by atoms with van der Waals surface area (Å²) < 4.78 is 20.7. The van der Waals surface area contributed by atoms with E-state index in [-0.39, 0.29) is 24.2 Å². The Morgan fingerprint density at radius 1 is 1.15 bits per heavy atom. The third-order valence-corrected chi connectivity index (χ3v) is 4.15. The molecule has 8 nitrogen and oxygen atoms in total. The number of ether oxygens (including phenoxy) is 4. The summed E-state index contributed by atoms with van der Waals surface area (Å²) in [5.41, 5.74) is 0.686. The molecule has 1 aromatic rings. The Kier molecular flexibility index (Phi) is 7.68. The Balaban J connectivity index is 1.88. The van der Waals surface area contributed by atoms with E-state index in [1.165, 1.54) is 0 Å². The van der Waals surface area contributed by atoms with Gasteiger partial charge in [-0.25, -0.2) is 0 Å². The molecule has 1 atom stereocenters. The SMILES string of the molecule is COCCOCCNC(=O)C1CC(=O)N(c2ccc(OC)c(OC)c2)C1. The monoisotopic (exact) mass is 366 g/mol. The molecule has 144 valence electrons. The highest BCUT2D eigenvalue weighted by Gasteiger charge is 2.35. The van der Waals surface area contributed by atoms with E-state index in [0.717, 1.165) is 0 Å². The quantitative estimate of drug-likeness (QED) is 0.618. The fourth-order valence-corrected chi connectivity index (χ4v) is 2.76. The number of carbonyl (C=O) groups excluding carboxylic acids is 2. The van der Waals surface area contributed by atoms with E-state index >= 15 is 0 Å². The summed E-state index contributed by atoms with van der Waals surface area (Å²) in [6.45, 7) is 2.16. The topological polar surface area (TPSA) is 86.3 Å². The highest BCUT2D eigenvalue weighted by Crippen LogP contribution is 2.34. The lowest BCUT2D eigenvalue weighted by atomic mass is 10.1. The van der Waals surface area contributed by atoms with Gasteiger partial charge in [-0.1, -0.05) is 0 Å². The van der Waals surface area contributed by atoms with Crippen LogP contribution in [0, 0.1) is 5.92 Å². The molecule has 0 aliphatic carbocycles. The number of rotatable bonds is 10.